The van der Waals surface area contributed by atoms with Crippen molar-refractivity contribution in [3.05, 3.63) is 33.3 Å². The molecule has 1 amide bonds. The first-order chi connectivity index (χ1) is 9.43. The van der Waals surface area contributed by atoms with E-state index in [0.29, 0.717) is 12.2 Å². The van der Waals surface area contributed by atoms with Crippen molar-refractivity contribution in [2.75, 3.05) is 0 Å². The molecule has 7 heteroatoms. The van der Waals surface area contributed by atoms with Gasteiger partial charge in [-0.05, 0) is 36.7 Å². The normalized spacial score (nSPS) is 10.8. The van der Waals surface area contributed by atoms with E-state index >= 15 is 0 Å². The Kier molecular flexibility index (Phi) is 4.27. The van der Waals surface area contributed by atoms with Crippen LogP contribution in [0.5, 0.6) is 0 Å². The van der Waals surface area contributed by atoms with Crippen molar-refractivity contribution in [3.63, 3.8) is 0 Å². The quantitative estimate of drug-likeness (QED) is 0.925. The molecule has 0 spiro atoms. The Morgan fingerprint density at radius 3 is 2.55 bits per heavy atom. The van der Waals surface area contributed by atoms with E-state index in [9.17, 15) is 4.79 Å². The number of nitrogens with zero attached hydrogens (tertiary/aromatic N) is 4. The topological polar surface area (TPSA) is 64.7 Å². The molecule has 0 aliphatic heterocycles. The number of rotatable bonds is 4. The van der Waals surface area contributed by atoms with Crippen LogP contribution < -0.4 is 5.32 Å². The smallest absolute Gasteiger partial charge is 0.270 e. The van der Waals surface area contributed by atoms with E-state index in [1.807, 2.05) is 31.6 Å². The largest absolute Gasteiger partial charge is 0.346 e. The summed E-state index contributed by atoms with van der Waals surface area (Å²) in [4.78, 5) is 12.2. The summed E-state index contributed by atoms with van der Waals surface area (Å²) in [5.74, 6) is -0.149. The number of aryl methyl sites for hydroxylation is 4. The fourth-order valence-electron chi connectivity index (χ4n) is 2.03. The van der Waals surface area contributed by atoms with Crippen LogP contribution in [-0.4, -0.2) is 25.5 Å². The van der Waals surface area contributed by atoms with Crippen LogP contribution >= 0.6 is 15.9 Å². The molecule has 0 fully saturated rings. The van der Waals surface area contributed by atoms with E-state index in [1.165, 1.54) is 0 Å². The van der Waals surface area contributed by atoms with E-state index in [4.69, 9.17) is 0 Å². The minimum Gasteiger partial charge on any atom is -0.346 e. The number of carbonyl (C=O) groups excluding carboxylic acids is 1. The Morgan fingerprint density at radius 2 is 2.05 bits per heavy atom. The number of nitrogens with one attached hydrogen (secondary N) is 1. The van der Waals surface area contributed by atoms with Gasteiger partial charge >= 0.3 is 0 Å². The van der Waals surface area contributed by atoms with Gasteiger partial charge in [-0.2, -0.15) is 10.2 Å². The summed E-state index contributed by atoms with van der Waals surface area (Å²) in [6, 6.07) is 0. The monoisotopic (exact) mass is 339 g/mol. The van der Waals surface area contributed by atoms with Crippen molar-refractivity contribution in [1.82, 2.24) is 24.9 Å². The summed E-state index contributed by atoms with van der Waals surface area (Å²) in [6.07, 6.45) is 1.96. The van der Waals surface area contributed by atoms with Crippen LogP contribution in [0.25, 0.3) is 0 Å². The van der Waals surface area contributed by atoms with Gasteiger partial charge in [0.05, 0.1) is 15.9 Å². The number of amides is 1. The molecule has 0 atom stereocenters. The van der Waals surface area contributed by atoms with E-state index in [-0.39, 0.29) is 5.91 Å². The predicted octanol–water partition coefficient (Wildman–Crippen LogP) is 1.95. The molecule has 20 heavy (non-hydrogen) atoms. The molecule has 108 valence electrons. The van der Waals surface area contributed by atoms with Gasteiger partial charge in [0.25, 0.3) is 5.91 Å². The maximum absolute atomic E-state index is 12.2. The fraction of sp³-hybridized carbons (Fsp3) is 0.462. The summed E-state index contributed by atoms with van der Waals surface area (Å²) in [5.41, 5.74) is 3.29. The second-order valence-corrected chi connectivity index (χ2v) is 5.44. The van der Waals surface area contributed by atoms with Gasteiger partial charge in [-0.3, -0.25) is 14.2 Å². The molecule has 1 N–H and O–H groups in total. The van der Waals surface area contributed by atoms with Gasteiger partial charge < -0.3 is 5.32 Å². The van der Waals surface area contributed by atoms with Crippen molar-refractivity contribution >= 4 is 21.8 Å². The van der Waals surface area contributed by atoms with Gasteiger partial charge in [-0.1, -0.05) is 0 Å². The first-order valence-electron chi connectivity index (χ1n) is 6.44. The standard InChI is InChI=1S/C13H18BrN5O/c1-5-19-7-10(8(2)17-19)6-15-13(20)12-11(14)9(3)16-18(12)4/h7H,5-6H2,1-4H3,(H,15,20). The first kappa shape index (κ1) is 14.8. The maximum Gasteiger partial charge on any atom is 0.270 e. The molecule has 0 aliphatic rings. The van der Waals surface area contributed by atoms with Gasteiger partial charge in [0.15, 0.2) is 0 Å². The molecule has 0 radical (unpaired) electrons. The van der Waals surface area contributed by atoms with Crippen LogP contribution in [0.2, 0.25) is 0 Å². The molecule has 0 aromatic carbocycles. The third-order valence-corrected chi connectivity index (χ3v) is 4.13. The SMILES string of the molecule is CCn1cc(CNC(=O)c2c(Br)c(C)nn2C)c(C)n1. The lowest BCUT2D eigenvalue weighted by atomic mass is 10.2. The highest BCUT2D eigenvalue weighted by Gasteiger charge is 2.18. The van der Waals surface area contributed by atoms with Crippen molar-refractivity contribution in [2.24, 2.45) is 7.05 Å². The summed E-state index contributed by atoms with van der Waals surface area (Å²) in [5, 5.41) is 11.5. The van der Waals surface area contributed by atoms with Crippen LogP contribution in [-0.2, 0) is 20.1 Å². The summed E-state index contributed by atoms with van der Waals surface area (Å²) in [6.45, 7) is 7.11. The fourth-order valence-corrected chi connectivity index (χ4v) is 2.55. The van der Waals surface area contributed by atoms with Gasteiger partial charge in [0, 0.05) is 31.9 Å². The lowest BCUT2D eigenvalue weighted by Crippen LogP contribution is -2.25. The predicted molar refractivity (Wildman–Crippen MR) is 79.5 cm³/mol. The maximum atomic E-state index is 12.2. The van der Waals surface area contributed by atoms with E-state index < -0.39 is 0 Å². The molecule has 2 rings (SSSR count). The third kappa shape index (κ3) is 2.77. The van der Waals surface area contributed by atoms with Crippen molar-refractivity contribution in [2.45, 2.75) is 33.9 Å². The first-order valence-corrected chi connectivity index (χ1v) is 7.23. The minimum absolute atomic E-state index is 0.149. The zero-order valence-electron chi connectivity index (χ0n) is 12.1. The Morgan fingerprint density at radius 1 is 1.35 bits per heavy atom. The Hall–Kier alpha value is -1.63. The van der Waals surface area contributed by atoms with E-state index in [1.54, 1.807) is 11.7 Å². The molecule has 6 nitrogen and oxygen atoms in total. The number of halogens is 1. The zero-order valence-corrected chi connectivity index (χ0v) is 13.7. The second-order valence-electron chi connectivity index (χ2n) is 4.65. The van der Waals surface area contributed by atoms with Crippen LogP contribution in [0.15, 0.2) is 10.7 Å². The minimum atomic E-state index is -0.149. The summed E-state index contributed by atoms with van der Waals surface area (Å²) in [7, 11) is 1.76. The average Bonchev–Trinajstić information content (AvgIpc) is 2.88. The number of carbonyl (C=O) groups is 1. The molecule has 2 aromatic rings. The van der Waals surface area contributed by atoms with Crippen LogP contribution in [0.3, 0.4) is 0 Å². The zero-order chi connectivity index (χ0) is 14.9. The Labute approximate surface area is 126 Å². The highest BCUT2D eigenvalue weighted by Crippen LogP contribution is 2.20. The van der Waals surface area contributed by atoms with Gasteiger partial charge in [0.1, 0.15) is 5.69 Å². The van der Waals surface area contributed by atoms with Crippen LogP contribution in [0.4, 0.5) is 0 Å². The Balaban J connectivity index is 2.10. The molecular weight excluding hydrogens is 322 g/mol. The third-order valence-electron chi connectivity index (χ3n) is 3.18. The molecule has 0 bridgehead atoms. The number of aromatic nitrogens is 4. The molecule has 0 saturated heterocycles. The average molecular weight is 340 g/mol. The van der Waals surface area contributed by atoms with Gasteiger partial charge in [0.2, 0.25) is 0 Å². The van der Waals surface area contributed by atoms with Crippen molar-refractivity contribution < 1.29 is 4.79 Å². The van der Waals surface area contributed by atoms with E-state index in [2.05, 4.69) is 31.4 Å². The molecule has 2 aromatic heterocycles. The van der Waals surface area contributed by atoms with E-state index in [0.717, 1.165) is 28.0 Å². The summed E-state index contributed by atoms with van der Waals surface area (Å²) < 4.78 is 4.18. The molecular formula is C13H18BrN5O. The lowest BCUT2D eigenvalue weighted by Gasteiger charge is -2.05. The summed E-state index contributed by atoms with van der Waals surface area (Å²) >= 11 is 3.40. The van der Waals surface area contributed by atoms with Gasteiger partial charge in [-0.25, -0.2) is 0 Å². The molecule has 2 heterocycles. The second kappa shape index (κ2) is 5.78. The lowest BCUT2D eigenvalue weighted by molar-refractivity contribution is 0.0940. The van der Waals surface area contributed by atoms with Crippen molar-refractivity contribution in [3.8, 4) is 0 Å². The highest BCUT2D eigenvalue weighted by molar-refractivity contribution is 9.10. The van der Waals surface area contributed by atoms with Crippen molar-refractivity contribution in [1.29, 1.82) is 0 Å². The number of hydrogen-bond acceptors (Lipinski definition) is 3. The highest BCUT2D eigenvalue weighted by atomic mass is 79.9. The Bertz CT molecular complexity index is 643. The van der Waals surface area contributed by atoms with Crippen LogP contribution in [0.1, 0.15) is 34.4 Å². The number of hydrogen-bond donors (Lipinski definition) is 1. The molecule has 0 saturated carbocycles. The molecule has 0 unspecified atom stereocenters. The molecule has 0 aliphatic carbocycles. The van der Waals surface area contributed by atoms with Gasteiger partial charge in [-0.15, -0.1) is 0 Å². The van der Waals surface area contributed by atoms with Crippen LogP contribution in [0, 0.1) is 13.8 Å².